The van der Waals surface area contributed by atoms with Crippen LogP contribution in [-0.4, -0.2) is 37.5 Å². The van der Waals surface area contributed by atoms with Crippen LogP contribution in [0, 0.1) is 5.92 Å². The Morgan fingerprint density at radius 3 is 2.76 bits per heavy atom. The zero-order chi connectivity index (χ0) is 12.3. The monoisotopic (exact) mass is 296 g/mol. The van der Waals surface area contributed by atoms with Crippen LogP contribution in [0.25, 0.3) is 0 Å². The molecule has 1 atom stereocenters. The zero-order valence-corrected chi connectivity index (χ0v) is 11.5. The van der Waals surface area contributed by atoms with Gasteiger partial charge in [0.1, 0.15) is 0 Å². The van der Waals surface area contributed by atoms with Crippen molar-refractivity contribution in [3.63, 3.8) is 0 Å². The van der Waals surface area contributed by atoms with Crippen LogP contribution >= 0.6 is 15.9 Å². The minimum Gasteiger partial charge on any atom is -0.341 e. The molecule has 0 bridgehead atoms. The highest BCUT2D eigenvalue weighted by Gasteiger charge is 2.19. The van der Waals surface area contributed by atoms with E-state index in [0.717, 1.165) is 36.1 Å². The van der Waals surface area contributed by atoms with Crippen molar-refractivity contribution < 1.29 is 4.79 Å². The van der Waals surface area contributed by atoms with Gasteiger partial charge in [0.15, 0.2) is 0 Å². The van der Waals surface area contributed by atoms with Crippen molar-refractivity contribution in [2.24, 2.45) is 5.92 Å². The molecule has 17 heavy (non-hydrogen) atoms. The van der Waals surface area contributed by atoms with Crippen molar-refractivity contribution in [2.45, 2.75) is 6.42 Å². The third-order valence-corrected chi connectivity index (χ3v) is 3.66. The molecule has 0 aromatic heterocycles. The summed E-state index contributed by atoms with van der Waals surface area (Å²) in [5, 5.41) is 3.32. The SMILES string of the molecule is CN(C[C@@H]1CCNC1)C(=O)c1ccc(Br)cc1. The Hall–Kier alpha value is -0.870. The number of hydrogen-bond acceptors (Lipinski definition) is 2. The van der Waals surface area contributed by atoms with Gasteiger partial charge in [0, 0.05) is 23.6 Å². The van der Waals surface area contributed by atoms with Gasteiger partial charge in [-0.15, -0.1) is 0 Å². The Bertz CT molecular complexity index is 385. The Morgan fingerprint density at radius 2 is 2.18 bits per heavy atom. The highest BCUT2D eigenvalue weighted by atomic mass is 79.9. The predicted octanol–water partition coefficient (Wildman–Crippen LogP) is 2.13. The maximum atomic E-state index is 12.1. The lowest BCUT2D eigenvalue weighted by molar-refractivity contribution is 0.0776. The molecule has 1 amide bonds. The van der Waals surface area contributed by atoms with Crippen LogP contribution < -0.4 is 5.32 Å². The smallest absolute Gasteiger partial charge is 0.253 e. The molecule has 0 saturated carbocycles. The standard InChI is InChI=1S/C13H17BrN2O/c1-16(9-10-6-7-15-8-10)13(17)11-2-4-12(14)5-3-11/h2-5,10,15H,6-9H2,1H3/t10-/m1/s1. The quantitative estimate of drug-likeness (QED) is 0.927. The fourth-order valence-corrected chi connectivity index (χ4v) is 2.42. The van der Waals surface area contributed by atoms with Crippen LogP contribution in [-0.2, 0) is 0 Å². The van der Waals surface area contributed by atoms with Gasteiger partial charge in [-0.1, -0.05) is 15.9 Å². The first-order valence-electron chi connectivity index (χ1n) is 5.88. The second kappa shape index (κ2) is 5.65. The predicted molar refractivity (Wildman–Crippen MR) is 72.1 cm³/mol. The molecule has 4 heteroatoms. The van der Waals surface area contributed by atoms with Gasteiger partial charge < -0.3 is 10.2 Å². The van der Waals surface area contributed by atoms with Crippen molar-refractivity contribution in [2.75, 3.05) is 26.7 Å². The van der Waals surface area contributed by atoms with Gasteiger partial charge >= 0.3 is 0 Å². The maximum Gasteiger partial charge on any atom is 0.253 e. The summed E-state index contributed by atoms with van der Waals surface area (Å²) in [4.78, 5) is 14.0. The highest BCUT2D eigenvalue weighted by Crippen LogP contribution is 2.14. The third-order valence-electron chi connectivity index (χ3n) is 3.13. The number of rotatable bonds is 3. The lowest BCUT2D eigenvalue weighted by Crippen LogP contribution is -2.32. The van der Waals surface area contributed by atoms with Crippen molar-refractivity contribution in [1.29, 1.82) is 0 Å². The van der Waals surface area contributed by atoms with E-state index in [0.29, 0.717) is 5.92 Å². The molecule has 1 aromatic rings. The molecule has 1 saturated heterocycles. The molecule has 1 aliphatic rings. The molecular weight excluding hydrogens is 280 g/mol. The molecular formula is C13H17BrN2O. The molecule has 1 fully saturated rings. The van der Waals surface area contributed by atoms with Gasteiger partial charge in [0.05, 0.1) is 0 Å². The molecule has 2 rings (SSSR count). The van der Waals surface area contributed by atoms with Gasteiger partial charge in [-0.3, -0.25) is 4.79 Å². The van der Waals surface area contributed by atoms with Crippen molar-refractivity contribution in [1.82, 2.24) is 10.2 Å². The van der Waals surface area contributed by atoms with E-state index in [1.54, 1.807) is 0 Å². The van der Waals surface area contributed by atoms with E-state index in [1.807, 2.05) is 36.2 Å². The number of amides is 1. The number of halogens is 1. The average Bonchev–Trinajstić information content (AvgIpc) is 2.82. The van der Waals surface area contributed by atoms with Crippen LogP contribution in [0.5, 0.6) is 0 Å². The maximum absolute atomic E-state index is 12.1. The van der Waals surface area contributed by atoms with E-state index < -0.39 is 0 Å². The van der Waals surface area contributed by atoms with Crippen molar-refractivity contribution in [3.8, 4) is 0 Å². The summed E-state index contributed by atoms with van der Waals surface area (Å²) in [6.07, 6.45) is 1.16. The Kier molecular flexibility index (Phi) is 4.18. The number of nitrogens with one attached hydrogen (secondary N) is 1. The fourth-order valence-electron chi connectivity index (χ4n) is 2.15. The van der Waals surface area contributed by atoms with Crippen LogP contribution in [0.3, 0.4) is 0 Å². The van der Waals surface area contributed by atoms with Crippen LogP contribution in [0.2, 0.25) is 0 Å². The summed E-state index contributed by atoms with van der Waals surface area (Å²) in [5.41, 5.74) is 0.752. The van der Waals surface area contributed by atoms with Crippen LogP contribution in [0.15, 0.2) is 28.7 Å². The van der Waals surface area contributed by atoms with E-state index >= 15 is 0 Å². The van der Waals surface area contributed by atoms with E-state index in [2.05, 4.69) is 21.2 Å². The minimum atomic E-state index is 0.101. The summed E-state index contributed by atoms with van der Waals surface area (Å²) in [7, 11) is 1.88. The average molecular weight is 297 g/mol. The molecule has 1 aromatic carbocycles. The van der Waals surface area contributed by atoms with E-state index in [-0.39, 0.29) is 5.91 Å². The number of nitrogens with zero attached hydrogens (tertiary/aromatic N) is 1. The van der Waals surface area contributed by atoms with Gasteiger partial charge in [0.2, 0.25) is 0 Å². The van der Waals surface area contributed by atoms with Crippen molar-refractivity contribution >= 4 is 21.8 Å². The minimum absolute atomic E-state index is 0.101. The zero-order valence-electron chi connectivity index (χ0n) is 9.95. The summed E-state index contributed by atoms with van der Waals surface area (Å²) in [6, 6.07) is 7.52. The summed E-state index contributed by atoms with van der Waals surface area (Å²) >= 11 is 3.37. The molecule has 0 radical (unpaired) electrons. The lowest BCUT2D eigenvalue weighted by Gasteiger charge is -2.20. The van der Waals surface area contributed by atoms with Gasteiger partial charge in [0.25, 0.3) is 5.91 Å². The molecule has 1 N–H and O–H groups in total. The molecule has 92 valence electrons. The van der Waals surface area contributed by atoms with E-state index in [9.17, 15) is 4.79 Å². The van der Waals surface area contributed by atoms with Gasteiger partial charge in [-0.25, -0.2) is 0 Å². The molecule has 1 aliphatic heterocycles. The third kappa shape index (κ3) is 3.30. The second-order valence-electron chi connectivity index (χ2n) is 4.55. The Balaban J connectivity index is 1.96. The first kappa shape index (κ1) is 12.6. The molecule has 0 unspecified atom stereocenters. The largest absolute Gasteiger partial charge is 0.341 e. The lowest BCUT2D eigenvalue weighted by atomic mass is 10.1. The second-order valence-corrected chi connectivity index (χ2v) is 5.47. The number of hydrogen-bond donors (Lipinski definition) is 1. The van der Waals surface area contributed by atoms with Gasteiger partial charge in [-0.2, -0.15) is 0 Å². The van der Waals surface area contributed by atoms with Crippen molar-refractivity contribution in [3.05, 3.63) is 34.3 Å². The molecule has 0 spiro atoms. The number of carbonyl (C=O) groups excluding carboxylic acids is 1. The highest BCUT2D eigenvalue weighted by molar-refractivity contribution is 9.10. The topological polar surface area (TPSA) is 32.3 Å². The first-order valence-corrected chi connectivity index (χ1v) is 6.68. The summed E-state index contributed by atoms with van der Waals surface area (Å²) < 4.78 is 0.997. The first-order chi connectivity index (χ1) is 8.16. The molecule has 3 nitrogen and oxygen atoms in total. The summed E-state index contributed by atoms with van der Waals surface area (Å²) in [5.74, 6) is 0.698. The van der Waals surface area contributed by atoms with Gasteiger partial charge in [-0.05, 0) is 49.7 Å². The molecule has 0 aliphatic carbocycles. The summed E-state index contributed by atoms with van der Waals surface area (Å²) in [6.45, 7) is 2.94. The normalized spacial score (nSPS) is 19.3. The van der Waals surface area contributed by atoms with Crippen LogP contribution in [0.4, 0.5) is 0 Å². The van der Waals surface area contributed by atoms with E-state index in [4.69, 9.17) is 0 Å². The Morgan fingerprint density at radius 1 is 1.47 bits per heavy atom. The fraction of sp³-hybridized carbons (Fsp3) is 0.462. The van der Waals surface area contributed by atoms with Crippen LogP contribution in [0.1, 0.15) is 16.8 Å². The number of carbonyl (C=O) groups is 1. The number of benzene rings is 1. The molecule has 1 heterocycles. The Labute approximate surface area is 110 Å². The van der Waals surface area contributed by atoms with E-state index in [1.165, 1.54) is 0 Å².